The number of methoxy groups -OCH3 is 2. The Kier molecular flexibility index (Phi) is 7.84. The minimum Gasteiger partial charge on any atom is -0.493 e. The van der Waals surface area contributed by atoms with E-state index in [0.717, 1.165) is 27.3 Å². The maximum absolute atomic E-state index is 12.8. The molecule has 1 N–H and O–H groups in total. The number of nitrogens with one attached hydrogen (secondary N) is 1. The number of aliphatic imine (C=N–C) groups is 1. The van der Waals surface area contributed by atoms with Gasteiger partial charge in [0.05, 0.1) is 14.2 Å². The molecule has 0 unspecified atom stereocenters. The fourth-order valence-corrected chi connectivity index (χ4v) is 4.31. The van der Waals surface area contributed by atoms with E-state index in [1.807, 2.05) is 32.0 Å². The average Bonchev–Trinajstić information content (AvgIpc) is 2.87. The molecule has 8 nitrogen and oxygen atoms in total. The van der Waals surface area contributed by atoms with Crippen molar-refractivity contribution in [1.82, 2.24) is 14.9 Å². The van der Waals surface area contributed by atoms with Crippen LogP contribution in [-0.2, 0) is 4.79 Å². The Labute approximate surface area is 218 Å². The van der Waals surface area contributed by atoms with Crippen molar-refractivity contribution in [1.29, 1.82) is 0 Å². The number of likely N-dealkylation sites (tertiary alicyclic amines) is 1. The molecule has 38 heavy (non-hydrogen) atoms. The van der Waals surface area contributed by atoms with Crippen molar-refractivity contribution in [2.75, 3.05) is 32.6 Å². The molecular formula is C27H28F3N5O3. The van der Waals surface area contributed by atoms with Gasteiger partial charge in [0.15, 0.2) is 17.3 Å². The van der Waals surface area contributed by atoms with Crippen LogP contribution in [0.1, 0.15) is 24.0 Å². The molecule has 4 rings (SSSR count). The topological polar surface area (TPSA) is 88.9 Å². The lowest BCUT2D eigenvalue weighted by Gasteiger charge is -2.28. The number of aromatic nitrogens is 2. The SMILES string of the molecule is COc1ccc(-c2cnc(Nc3cc(C)cc(C)c3)nc2N=C2CCN(C(=O)C(F)(F)F)CC2)cc1OC. The van der Waals surface area contributed by atoms with Crippen molar-refractivity contribution in [3.05, 3.63) is 53.7 Å². The van der Waals surface area contributed by atoms with E-state index < -0.39 is 12.1 Å². The van der Waals surface area contributed by atoms with Crippen LogP contribution in [0, 0.1) is 13.8 Å². The average molecular weight is 528 g/mol. The predicted octanol–water partition coefficient (Wildman–Crippen LogP) is 5.78. The van der Waals surface area contributed by atoms with Gasteiger partial charge in [0, 0.05) is 49.1 Å². The molecule has 1 amide bonds. The summed E-state index contributed by atoms with van der Waals surface area (Å²) in [5.74, 6) is -0.0858. The van der Waals surface area contributed by atoms with E-state index in [1.54, 1.807) is 25.4 Å². The molecule has 1 aliphatic heterocycles. The van der Waals surface area contributed by atoms with Crippen LogP contribution < -0.4 is 14.8 Å². The number of hydrogen-bond donors (Lipinski definition) is 1. The lowest BCUT2D eigenvalue weighted by molar-refractivity contribution is -0.185. The van der Waals surface area contributed by atoms with Crippen molar-refractivity contribution in [3.63, 3.8) is 0 Å². The first-order chi connectivity index (χ1) is 18.1. The van der Waals surface area contributed by atoms with E-state index in [1.165, 1.54) is 7.11 Å². The third kappa shape index (κ3) is 6.21. The monoisotopic (exact) mass is 527 g/mol. The number of rotatable bonds is 6. The molecule has 0 saturated carbocycles. The Morgan fingerprint density at radius 1 is 1.00 bits per heavy atom. The Morgan fingerprint density at radius 2 is 1.66 bits per heavy atom. The van der Waals surface area contributed by atoms with Crippen molar-refractivity contribution in [2.24, 2.45) is 4.99 Å². The molecule has 1 saturated heterocycles. The number of alkyl halides is 3. The summed E-state index contributed by atoms with van der Waals surface area (Å²) in [6.45, 7) is 3.85. The van der Waals surface area contributed by atoms with Crippen LogP contribution in [0.25, 0.3) is 11.1 Å². The largest absolute Gasteiger partial charge is 0.493 e. The molecule has 1 aromatic heterocycles. The van der Waals surface area contributed by atoms with Crippen LogP contribution in [0.3, 0.4) is 0 Å². The smallest absolute Gasteiger partial charge is 0.471 e. The lowest BCUT2D eigenvalue weighted by Crippen LogP contribution is -2.45. The number of halogens is 3. The van der Waals surface area contributed by atoms with E-state index in [4.69, 9.17) is 14.5 Å². The summed E-state index contributed by atoms with van der Waals surface area (Å²) in [6.07, 6.45) is -2.84. The highest BCUT2D eigenvalue weighted by atomic mass is 19.4. The number of carbonyl (C=O) groups excluding carboxylic acids is 1. The van der Waals surface area contributed by atoms with Gasteiger partial charge in [0.25, 0.3) is 0 Å². The van der Waals surface area contributed by atoms with Gasteiger partial charge in [-0.25, -0.2) is 9.98 Å². The first kappa shape index (κ1) is 26.9. The summed E-state index contributed by atoms with van der Waals surface area (Å²) in [6, 6.07) is 11.4. The van der Waals surface area contributed by atoms with Crippen LogP contribution >= 0.6 is 0 Å². The van der Waals surface area contributed by atoms with Crippen LogP contribution in [0.15, 0.2) is 47.6 Å². The molecule has 0 aliphatic carbocycles. The van der Waals surface area contributed by atoms with Gasteiger partial charge in [0.2, 0.25) is 5.95 Å². The van der Waals surface area contributed by atoms with Gasteiger partial charge in [-0.2, -0.15) is 18.2 Å². The number of anilines is 2. The van der Waals surface area contributed by atoms with Gasteiger partial charge >= 0.3 is 12.1 Å². The second-order valence-corrected chi connectivity index (χ2v) is 8.97. The summed E-state index contributed by atoms with van der Waals surface area (Å²) in [5.41, 5.74) is 4.96. The fourth-order valence-electron chi connectivity index (χ4n) is 4.31. The number of aryl methyl sites for hydroxylation is 2. The zero-order chi connectivity index (χ0) is 27.4. The number of ether oxygens (including phenoxy) is 2. The maximum Gasteiger partial charge on any atom is 0.471 e. The van der Waals surface area contributed by atoms with Gasteiger partial charge in [-0.05, 0) is 54.8 Å². The standard InChI is InChI=1S/C27H28F3N5O3/c1-16-11-17(2)13-20(12-16)33-26-31-15-21(18-5-6-22(37-3)23(14-18)38-4)24(34-26)32-19-7-9-35(10-8-19)25(36)27(28,29)30/h5-6,11-15H,7-10H2,1-4H3,(H,31,33,34). The van der Waals surface area contributed by atoms with Gasteiger partial charge in [-0.3, -0.25) is 4.79 Å². The Hall–Kier alpha value is -4.15. The number of piperidine rings is 1. The highest BCUT2D eigenvalue weighted by Crippen LogP contribution is 2.36. The second kappa shape index (κ2) is 11.1. The Morgan fingerprint density at radius 3 is 2.26 bits per heavy atom. The molecule has 200 valence electrons. The number of benzene rings is 2. The third-order valence-corrected chi connectivity index (χ3v) is 6.08. The fraction of sp³-hybridized carbons (Fsp3) is 0.333. The molecule has 11 heteroatoms. The molecule has 3 aromatic rings. The summed E-state index contributed by atoms with van der Waals surface area (Å²) >= 11 is 0. The molecule has 0 bridgehead atoms. The van der Waals surface area contributed by atoms with E-state index in [0.29, 0.717) is 34.5 Å². The molecule has 0 radical (unpaired) electrons. The van der Waals surface area contributed by atoms with Crippen LogP contribution in [-0.4, -0.2) is 60.0 Å². The van der Waals surface area contributed by atoms with Crippen molar-refractivity contribution < 1.29 is 27.4 Å². The van der Waals surface area contributed by atoms with Crippen molar-refractivity contribution in [3.8, 4) is 22.6 Å². The normalized spacial score (nSPS) is 13.8. The van der Waals surface area contributed by atoms with Crippen molar-refractivity contribution in [2.45, 2.75) is 32.9 Å². The van der Waals surface area contributed by atoms with Gasteiger partial charge < -0.3 is 19.7 Å². The molecule has 0 spiro atoms. The lowest BCUT2D eigenvalue weighted by atomic mass is 10.1. The highest BCUT2D eigenvalue weighted by molar-refractivity contribution is 5.92. The number of hydrogen-bond acceptors (Lipinski definition) is 7. The van der Waals surface area contributed by atoms with Gasteiger partial charge in [0.1, 0.15) is 0 Å². The second-order valence-electron chi connectivity index (χ2n) is 8.97. The van der Waals surface area contributed by atoms with E-state index in [9.17, 15) is 18.0 Å². The quantitative estimate of drug-likeness (QED) is 0.437. The minimum absolute atomic E-state index is 0.0678. The molecule has 2 heterocycles. The zero-order valence-corrected chi connectivity index (χ0v) is 21.5. The van der Waals surface area contributed by atoms with Crippen LogP contribution in [0.4, 0.5) is 30.6 Å². The maximum atomic E-state index is 12.8. The summed E-state index contributed by atoms with van der Waals surface area (Å²) < 4.78 is 49.3. The third-order valence-electron chi connectivity index (χ3n) is 6.08. The summed E-state index contributed by atoms with van der Waals surface area (Å²) in [7, 11) is 3.08. The Balaban J connectivity index is 1.69. The first-order valence-electron chi connectivity index (χ1n) is 11.9. The van der Waals surface area contributed by atoms with Crippen LogP contribution in [0.2, 0.25) is 0 Å². The predicted molar refractivity (Wildman–Crippen MR) is 139 cm³/mol. The molecular weight excluding hydrogens is 499 g/mol. The summed E-state index contributed by atoms with van der Waals surface area (Å²) in [4.78, 5) is 26.3. The molecule has 2 aromatic carbocycles. The highest BCUT2D eigenvalue weighted by Gasteiger charge is 2.43. The molecule has 1 aliphatic rings. The van der Waals surface area contributed by atoms with E-state index in [2.05, 4.69) is 21.4 Å². The minimum atomic E-state index is -4.89. The number of carbonyl (C=O) groups is 1. The number of nitrogens with zero attached hydrogens (tertiary/aromatic N) is 4. The molecule has 1 fully saturated rings. The van der Waals surface area contributed by atoms with E-state index in [-0.39, 0.29) is 25.9 Å². The van der Waals surface area contributed by atoms with Crippen molar-refractivity contribution >= 4 is 29.1 Å². The first-order valence-corrected chi connectivity index (χ1v) is 11.9. The van der Waals surface area contributed by atoms with Crippen LogP contribution in [0.5, 0.6) is 11.5 Å². The van der Waals surface area contributed by atoms with Gasteiger partial charge in [-0.15, -0.1) is 0 Å². The zero-order valence-electron chi connectivity index (χ0n) is 21.5. The number of amides is 1. The Bertz CT molecular complexity index is 1340. The summed E-state index contributed by atoms with van der Waals surface area (Å²) in [5, 5.41) is 3.21. The van der Waals surface area contributed by atoms with Gasteiger partial charge in [-0.1, -0.05) is 12.1 Å². The molecule has 0 atom stereocenters. The van der Waals surface area contributed by atoms with E-state index >= 15 is 0 Å².